The molecule has 2 aliphatic rings. The summed E-state index contributed by atoms with van der Waals surface area (Å²) in [6, 6.07) is 5.03. The molecule has 4 atom stereocenters. The molecule has 1 aromatic carbocycles. The fraction of sp³-hybridized carbons (Fsp3) is 0.519. The lowest BCUT2D eigenvalue weighted by Crippen LogP contribution is -2.61. The van der Waals surface area contributed by atoms with Gasteiger partial charge >= 0.3 is 5.97 Å². The molecule has 1 saturated heterocycles. The zero-order valence-corrected chi connectivity index (χ0v) is 22.7. The predicted molar refractivity (Wildman–Crippen MR) is 138 cm³/mol. The van der Waals surface area contributed by atoms with Crippen molar-refractivity contribution in [3.8, 4) is 12.3 Å². The number of hydrogen-bond donors (Lipinski definition) is 1. The van der Waals surface area contributed by atoms with Gasteiger partial charge in [-0.2, -0.15) is 0 Å². The second-order valence-electron chi connectivity index (χ2n) is 10.3. The standard InChI is InChI=1S/C27H32Cl2N2O5/c1-7-10-30-23(32)11-18-14-27(25(34)35-6)16(2)36-22(26(3,4)5)13-21(27)31(24(18)33)15-17-8-9-19(28)12-20(17)29/h1,8-9,12-13,16,18,22H,10-11,14-15H2,2-6H3,(H,30,32)/t16-,18+,22-,27+/m1/s1. The van der Waals surface area contributed by atoms with E-state index < -0.39 is 23.4 Å². The summed E-state index contributed by atoms with van der Waals surface area (Å²) in [7, 11) is 1.31. The third kappa shape index (κ3) is 5.41. The lowest BCUT2D eigenvalue weighted by atomic mass is 9.65. The molecule has 3 rings (SSSR count). The van der Waals surface area contributed by atoms with Gasteiger partial charge in [-0.05, 0) is 42.5 Å². The Balaban J connectivity index is 2.16. The average Bonchev–Trinajstić information content (AvgIpc) is 2.80. The second kappa shape index (κ2) is 10.8. The average molecular weight is 535 g/mol. The van der Waals surface area contributed by atoms with Crippen LogP contribution in [0.4, 0.5) is 0 Å². The Morgan fingerprint density at radius 1 is 1.33 bits per heavy atom. The molecule has 36 heavy (non-hydrogen) atoms. The quantitative estimate of drug-likeness (QED) is 0.433. The first-order chi connectivity index (χ1) is 16.8. The number of nitrogens with one attached hydrogen (secondary N) is 1. The Morgan fingerprint density at radius 3 is 2.61 bits per heavy atom. The van der Waals surface area contributed by atoms with Gasteiger partial charge in [-0.3, -0.25) is 14.4 Å². The molecule has 0 aliphatic carbocycles. The zero-order valence-electron chi connectivity index (χ0n) is 21.2. The van der Waals surface area contributed by atoms with Crippen LogP contribution in [0.15, 0.2) is 30.0 Å². The minimum Gasteiger partial charge on any atom is -0.468 e. The van der Waals surface area contributed by atoms with E-state index in [0.717, 1.165) is 0 Å². The fourth-order valence-corrected chi connectivity index (χ4v) is 5.34. The van der Waals surface area contributed by atoms with E-state index >= 15 is 0 Å². The van der Waals surface area contributed by atoms with Crippen LogP contribution in [0.5, 0.6) is 0 Å². The number of likely N-dealkylation sites (tertiary alicyclic amines) is 1. The molecular weight excluding hydrogens is 503 g/mol. The zero-order chi connectivity index (χ0) is 26.8. The third-order valence-electron chi connectivity index (χ3n) is 6.85. The van der Waals surface area contributed by atoms with E-state index in [0.29, 0.717) is 21.3 Å². The molecule has 0 spiro atoms. The Kier molecular flexibility index (Phi) is 8.44. The van der Waals surface area contributed by atoms with Crippen molar-refractivity contribution in [1.82, 2.24) is 10.2 Å². The number of amides is 2. The van der Waals surface area contributed by atoms with Crippen molar-refractivity contribution in [3.05, 3.63) is 45.6 Å². The van der Waals surface area contributed by atoms with Gasteiger partial charge < -0.3 is 19.7 Å². The van der Waals surface area contributed by atoms with Crippen molar-refractivity contribution >= 4 is 41.0 Å². The summed E-state index contributed by atoms with van der Waals surface area (Å²) in [6.45, 7) is 8.01. The highest BCUT2D eigenvalue weighted by Crippen LogP contribution is 2.52. The van der Waals surface area contributed by atoms with Gasteiger partial charge in [0.1, 0.15) is 5.41 Å². The monoisotopic (exact) mass is 534 g/mol. The van der Waals surface area contributed by atoms with Crippen LogP contribution in [-0.4, -0.2) is 48.5 Å². The van der Waals surface area contributed by atoms with E-state index in [-0.39, 0.29) is 49.3 Å². The molecule has 2 amide bonds. The van der Waals surface area contributed by atoms with Crippen molar-refractivity contribution < 1.29 is 23.9 Å². The van der Waals surface area contributed by atoms with E-state index in [2.05, 4.69) is 11.2 Å². The van der Waals surface area contributed by atoms with Gasteiger partial charge in [0, 0.05) is 28.1 Å². The van der Waals surface area contributed by atoms with Gasteiger partial charge in [-0.25, -0.2) is 0 Å². The maximum atomic E-state index is 13.9. The second-order valence-corrected chi connectivity index (χ2v) is 11.2. The van der Waals surface area contributed by atoms with Gasteiger partial charge in [0.15, 0.2) is 0 Å². The van der Waals surface area contributed by atoms with E-state index in [1.54, 1.807) is 30.0 Å². The normalized spacial score (nSPS) is 25.9. The topological polar surface area (TPSA) is 84.9 Å². The summed E-state index contributed by atoms with van der Waals surface area (Å²) < 4.78 is 11.6. The fourth-order valence-electron chi connectivity index (χ4n) is 4.87. The van der Waals surface area contributed by atoms with Crippen LogP contribution in [0, 0.1) is 29.1 Å². The number of halogens is 2. The number of methoxy groups -OCH3 is 1. The highest BCUT2D eigenvalue weighted by atomic mass is 35.5. The molecule has 7 nitrogen and oxygen atoms in total. The molecule has 1 aromatic rings. The highest BCUT2D eigenvalue weighted by Gasteiger charge is 2.60. The van der Waals surface area contributed by atoms with Gasteiger partial charge in [-0.15, -0.1) is 6.42 Å². The van der Waals surface area contributed by atoms with Gasteiger partial charge in [-0.1, -0.05) is 56.0 Å². The van der Waals surface area contributed by atoms with Crippen LogP contribution in [0.25, 0.3) is 0 Å². The third-order valence-corrected chi connectivity index (χ3v) is 7.44. The van der Waals surface area contributed by atoms with Crippen LogP contribution in [0.2, 0.25) is 10.0 Å². The number of nitrogens with zero attached hydrogens (tertiary/aromatic N) is 1. The number of esters is 1. The van der Waals surface area contributed by atoms with Crippen LogP contribution < -0.4 is 5.32 Å². The first kappa shape index (κ1) is 28.0. The van der Waals surface area contributed by atoms with Gasteiger partial charge in [0.25, 0.3) is 0 Å². The number of terminal acetylenes is 1. The van der Waals surface area contributed by atoms with E-state index in [1.807, 2.05) is 26.8 Å². The van der Waals surface area contributed by atoms with Crippen molar-refractivity contribution in [3.63, 3.8) is 0 Å². The van der Waals surface area contributed by atoms with Crippen LogP contribution >= 0.6 is 23.2 Å². The van der Waals surface area contributed by atoms with Crippen molar-refractivity contribution in [2.24, 2.45) is 16.7 Å². The number of piperidine rings is 1. The molecule has 0 unspecified atom stereocenters. The number of ether oxygens (including phenoxy) is 2. The summed E-state index contributed by atoms with van der Waals surface area (Å²) in [6.07, 6.45) is 6.04. The van der Waals surface area contributed by atoms with Crippen LogP contribution in [0.3, 0.4) is 0 Å². The van der Waals surface area contributed by atoms with Gasteiger partial charge in [0.05, 0.1) is 32.4 Å². The number of rotatable bonds is 6. The first-order valence-electron chi connectivity index (χ1n) is 11.8. The summed E-state index contributed by atoms with van der Waals surface area (Å²) in [5.41, 5.74) is -0.440. The maximum Gasteiger partial charge on any atom is 0.320 e. The SMILES string of the molecule is C#CCNC(=O)C[C@H]1C[C@@]2(C(=O)OC)C(=C[C@H](C(C)(C)C)O[C@@H]2C)N(Cc2ccc(Cl)cc2Cl)C1=O. The Morgan fingerprint density at radius 2 is 2.03 bits per heavy atom. The summed E-state index contributed by atoms with van der Waals surface area (Å²) in [4.78, 5) is 41.5. The predicted octanol–water partition coefficient (Wildman–Crippen LogP) is 4.36. The Bertz CT molecular complexity index is 1120. The lowest BCUT2D eigenvalue weighted by molar-refractivity contribution is -0.180. The van der Waals surface area contributed by atoms with Crippen LogP contribution in [0.1, 0.15) is 46.1 Å². The Labute approximate surface area is 222 Å². The molecule has 0 bridgehead atoms. The molecule has 1 fully saturated rings. The van der Waals surface area contributed by atoms with E-state index in [1.165, 1.54) is 7.11 Å². The summed E-state index contributed by atoms with van der Waals surface area (Å²) in [5.74, 6) is 0.358. The van der Waals surface area contributed by atoms with E-state index in [4.69, 9.17) is 39.1 Å². The van der Waals surface area contributed by atoms with E-state index in [9.17, 15) is 14.4 Å². The molecule has 2 heterocycles. The lowest BCUT2D eigenvalue weighted by Gasteiger charge is -2.53. The summed E-state index contributed by atoms with van der Waals surface area (Å²) >= 11 is 12.5. The van der Waals surface area contributed by atoms with Crippen LogP contribution in [-0.2, 0) is 30.4 Å². The number of carbonyl (C=O) groups excluding carboxylic acids is 3. The van der Waals surface area contributed by atoms with Crippen molar-refractivity contribution in [2.45, 2.75) is 59.3 Å². The Hall–Kier alpha value is -2.53. The number of carbonyl (C=O) groups is 3. The highest BCUT2D eigenvalue weighted by molar-refractivity contribution is 6.35. The molecule has 0 aromatic heterocycles. The largest absolute Gasteiger partial charge is 0.468 e. The molecule has 194 valence electrons. The number of hydrogen-bond acceptors (Lipinski definition) is 5. The number of benzene rings is 1. The number of fused-ring (bicyclic) bond motifs is 1. The van der Waals surface area contributed by atoms with Crippen molar-refractivity contribution in [1.29, 1.82) is 0 Å². The molecule has 9 heteroatoms. The smallest absolute Gasteiger partial charge is 0.320 e. The molecule has 0 saturated carbocycles. The first-order valence-corrected chi connectivity index (χ1v) is 12.5. The maximum absolute atomic E-state index is 13.9. The molecule has 1 N–H and O–H groups in total. The molecule has 2 aliphatic heterocycles. The van der Waals surface area contributed by atoms with Gasteiger partial charge in [0.2, 0.25) is 11.8 Å². The minimum atomic E-state index is -1.29. The van der Waals surface area contributed by atoms with Crippen molar-refractivity contribution in [2.75, 3.05) is 13.7 Å². The minimum absolute atomic E-state index is 0.0456. The molecular formula is C27H32Cl2N2O5. The molecule has 0 radical (unpaired) electrons. The summed E-state index contributed by atoms with van der Waals surface area (Å²) in [5, 5.41) is 3.46.